The first-order chi connectivity index (χ1) is 16.8. The summed E-state index contributed by atoms with van der Waals surface area (Å²) in [7, 11) is -2.65. The van der Waals surface area contributed by atoms with Crippen LogP contribution in [0.5, 0.6) is 0 Å². The summed E-state index contributed by atoms with van der Waals surface area (Å²) < 4.78 is 20.3. The van der Waals surface area contributed by atoms with E-state index in [9.17, 15) is 4.79 Å². The van der Waals surface area contributed by atoms with Crippen molar-refractivity contribution in [2.24, 2.45) is 0 Å². The van der Waals surface area contributed by atoms with Crippen LogP contribution in [0.4, 0.5) is 0 Å². The molecule has 184 valence electrons. The van der Waals surface area contributed by atoms with E-state index in [2.05, 4.69) is 106 Å². The molecule has 0 saturated carbocycles. The molecule has 3 aromatic rings. The van der Waals surface area contributed by atoms with E-state index in [0.717, 1.165) is 6.42 Å². The predicted octanol–water partition coefficient (Wildman–Crippen LogP) is 4.06. The average Bonchev–Trinajstić information content (AvgIpc) is 3.21. The molecule has 1 fully saturated rings. The topological polar surface area (TPSA) is 44.8 Å². The van der Waals surface area contributed by atoms with Gasteiger partial charge in [0.25, 0.3) is 0 Å². The van der Waals surface area contributed by atoms with Crippen molar-refractivity contribution in [3.63, 3.8) is 0 Å². The number of carbonyl (C=O) groups excluding carboxylic acids is 1. The van der Waals surface area contributed by atoms with Gasteiger partial charge in [0.15, 0.2) is 0 Å². The van der Waals surface area contributed by atoms with Crippen LogP contribution in [0, 0.1) is 0 Å². The molecule has 6 heteroatoms. The Labute approximate surface area is 216 Å². The fraction of sp³-hybridized carbons (Fsp3) is 0.345. The Bertz CT molecular complexity index is 1050. The van der Waals surface area contributed by atoms with Gasteiger partial charge in [-0.1, -0.05) is 0 Å². The Morgan fingerprint density at radius 3 is 1.91 bits per heavy atom. The number of rotatable bonds is 8. The van der Waals surface area contributed by atoms with E-state index >= 15 is 0 Å². The van der Waals surface area contributed by atoms with Crippen LogP contribution < -0.4 is 14.8 Å². The van der Waals surface area contributed by atoms with E-state index in [4.69, 9.17) is 13.9 Å². The van der Waals surface area contributed by atoms with Crippen LogP contribution >= 0.6 is 0 Å². The van der Waals surface area contributed by atoms with Gasteiger partial charge in [0.05, 0.1) is 0 Å². The summed E-state index contributed by atoms with van der Waals surface area (Å²) in [6.07, 6.45) is 0.155. The second-order valence-corrected chi connectivity index (χ2v) is 17.0. The van der Waals surface area contributed by atoms with Crippen molar-refractivity contribution in [3.05, 3.63) is 91.0 Å². The number of hydrogen-bond acceptors (Lipinski definition) is 4. The predicted molar refractivity (Wildman–Crippen MR) is 144 cm³/mol. The maximum atomic E-state index is 11.8. The molecule has 0 aliphatic carbocycles. The monoisotopic (exact) mass is 559 g/mol. The molecule has 0 spiro atoms. The van der Waals surface area contributed by atoms with Gasteiger partial charge in [-0.3, -0.25) is 0 Å². The van der Waals surface area contributed by atoms with Gasteiger partial charge in [-0.15, -0.1) is 0 Å². The van der Waals surface area contributed by atoms with Crippen molar-refractivity contribution in [3.8, 4) is 0 Å². The first-order valence-corrected chi connectivity index (χ1v) is 15.8. The Hall–Kier alpha value is -2.21. The number of esters is 1. The molecule has 1 aliphatic heterocycles. The van der Waals surface area contributed by atoms with Crippen molar-refractivity contribution in [1.82, 2.24) is 0 Å². The van der Waals surface area contributed by atoms with Gasteiger partial charge in [-0.05, 0) is 0 Å². The zero-order valence-electron chi connectivity index (χ0n) is 20.8. The van der Waals surface area contributed by atoms with Crippen molar-refractivity contribution in [2.75, 3.05) is 6.61 Å². The average molecular weight is 559 g/mol. The minimum absolute atomic E-state index is 0.100. The molecular weight excluding hydrogens is 524 g/mol. The van der Waals surface area contributed by atoms with E-state index < -0.39 is 14.6 Å². The number of carbonyl (C=O) groups is 1. The van der Waals surface area contributed by atoms with E-state index in [-0.39, 0.29) is 36.9 Å². The second kappa shape index (κ2) is 11.2. The molecule has 1 heterocycles. The third kappa shape index (κ3) is 5.96. The standard InChI is InChI=1S/C29H34O4SeSi/c1-22(30)32-28-27(34-24-14-8-5-9-15-24)20-23(33-28)21-31-35(29(2,3)4,25-16-10-6-11-17-25)26-18-12-7-13-19-26/h5-19,23,27-28H,20-21H2,1-4H3/t23-,27+,28?/m0/s1/i20+1,21+1,23+1,27+1,28+1. The molecule has 35 heavy (non-hydrogen) atoms. The van der Waals surface area contributed by atoms with Crippen LogP contribution in [0.2, 0.25) is 9.85 Å². The van der Waals surface area contributed by atoms with Crippen LogP contribution in [-0.4, -0.2) is 48.2 Å². The Morgan fingerprint density at radius 1 is 0.914 bits per heavy atom. The van der Waals surface area contributed by atoms with Crippen molar-refractivity contribution in [2.45, 2.75) is 56.4 Å². The van der Waals surface area contributed by atoms with Crippen LogP contribution in [-0.2, 0) is 18.7 Å². The fourth-order valence-electron chi connectivity index (χ4n) is 4.83. The summed E-state index contributed by atoms with van der Waals surface area (Å²) in [5.41, 5.74) is 0. The molecular formula is C29H34O4SeSi. The van der Waals surface area contributed by atoms with Crippen LogP contribution in [0.1, 0.15) is 34.1 Å². The zero-order valence-corrected chi connectivity index (χ0v) is 23.6. The molecule has 1 unspecified atom stereocenters. The third-order valence-electron chi connectivity index (χ3n) is 6.34. The van der Waals surface area contributed by atoms with Gasteiger partial charge in [0, 0.05) is 0 Å². The second-order valence-electron chi connectivity index (χ2n) is 9.92. The zero-order chi connectivity index (χ0) is 24.9. The molecule has 3 aromatic carbocycles. The SMILES string of the molecule is CC(=O)O[13CH]1O[13C@H]([13CH2]O[Si](c2ccccc2)(c2ccccc2)C(C)(C)C)[13CH2][13C@H]1[Se]c1ccccc1. The van der Waals surface area contributed by atoms with Crippen LogP contribution in [0.3, 0.4) is 0 Å². The molecule has 0 amide bonds. The molecule has 1 saturated heterocycles. The summed E-state index contributed by atoms with van der Waals surface area (Å²) in [4.78, 5) is 12.0. The van der Waals surface area contributed by atoms with E-state index in [1.807, 2.05) is 6.07 Å². The Balaban J connectivity index is 1.60. The van der Waals surface area contributed by atoms with Gasteiger partial charge in [0.1, 0.15) is 0 Å². The van der Waals surface area contributed by atoms with E-state index in [1.54, 1.807) is 0 Å². The van der Waals surface area contributed by atoms with E-state index in [0.29, 0.717) is 6.61 Å². The molecule has 1 aliphatic rings. The fourth-order valence-corrected chi connectivity index (χ4v) is 12.0. The minimum atomic E-state index is -2.65. The summed E-state index contributed by atoms with van der Waals surface area (Å²) in [6, 6.07) is 31.7. The van der Waals surface area contributed by atoms with Gasteiger partial charge >= 0.3 is 217 Å². The van der Waals surface area contributed by atoms with Gasteiger partial charge < -0.3 is 0 Å². The summed E-state index contributed by atoms with van der Waals surface area (Å²) in [5, 5.41) is 2.40. The first kappa shape index (κ1) is 25.9. The van der Waals surface area contributed by atoms with Crippen molar-refractivity contribution in [1.29, 1.82) is 0 Å². The van der Waals surface area contributed by atoms with Gasteiger partial charge in [-0.2, -0.15) is 0 Å². The normalized spacial score (nSPS) is 20.5. The number of benzene rings is 3. The van der Waals surface area contributed by atoms with Gasteiger partial charge in [-0.25, -0.2) is 0 Å². The summed E-state index contributed by atoms with van der Waals surface area (Å²) in [5.74, 6) is -0.308. The molecule has 0 aromatic heterocycles. The molecule has 4 nitrogen and oxygen atoms in total. The van der Waals surface area contributed by atoms with Crippen molar-refractivity contribution >= 4 is 44.1 Å². The maximum absolute atomic E-state index is 11.8. The van der Waals surface area contributed by atoms with Crippen LogP contribution in [0.25, 0.3) is 0 Å². The summed E-state index contributed by atoms with van der Waals surface area (Å²) in [6.45, 7) is 8.74. The molecule has 4 rings (SSSR count). The van der Waals surface area contributed by atoms with Gasteiger partial charge in [0.2, 0.25) is 0 Å². The summed E-state index contributed by atoms with van der Waals surface area (Å²) >= 11 is 0.132. The van der Waals surface area contributed by atoms with Crippen LogP contribution in [0.15, 0.2) is 91.0 Å². The Kier molecular flexibility index (Phi) is 8.30. The Morgan fingerprint density at radius 2 is 1.43 bits per heavy atom. The first-order valence-electron chi connectivity index (χ1n) is 12.1. The van der Waals surface area contributed by atoms with E-state index in [1.165, 1.54) is 21.8 Å². The number of ether oxygens (including phenoxy) is 2. The third-order valence-corrected chi connectivity index (χ3v) is 14.0. The molecule has 0 bridgehead atoms. The molecule has 3 atom stereocenters. The molecule has 0 radical (unpaired) electrons. The number of hydrogen-bond donors (Lipinski definition) is 0. The quantitative estimate of drug-likeness (QED) is 0.238. The van der Waals surface area contributed by atoms with Crippen molar-refractivity contribution < 1.29 is 18.7 Å². The molecule has 0 N–H and O–H groups in total.